The van der Waals surface area contributed by atoms with Gasteiger partial charge in [0.15, 0.2) is 0 Å². The number of carbonyl (C=O) groups excluding carboxylic acids is 2. The van der Waals surface area contributed by atoms with Gasteiger partial charge in [-0.25, -0.2) is 9.78 Å². The van der Waals surface area contributed by atoms with Crippen molar-refractivity contribution >= 4 is 23.5 Å². The molecule has 10 heteroatoms. The Kier molecular flexibility index (Phi) is 12.8. The molecule has 4 N–H and O–H groups in total. The van der Waals surface area contributed by atoms with Crippen molar-refractivity contribution < 1.29 is 24.5 Å². The molecule has 1 fully saturated rings. The summed E-state index contributed by atoms with van der Waals surface area (Å²) in [5.74, 6) is 0.994. The standard InChI is InChI=1S/C22H21ClN4O2.C9H12O3.C2H6/c1-13-8-9-16(17(23)10-13)20-14(2)25-21(26-20)18(11-15-6-4-3-5-7-15)27-19(28)12-24-22(27)29;10-6-8(11)7-12-9-4-2-1-3-5-9;1-2/h3-10,18H,11-12H2,1-2H3,(H,24,29)(H,25,26);1-5,8,10-11H,6-7H2;1-2H3. The topological polar surface area (TPSA) is 128 Å². The first-order valence-electron chi connectivity index (χ1n) is 14.2. The predicted octanol–water partition coefficient (Wildman–Crippen LogP) is 5.63. The Labute approximate surface area is 257 Å². The number of benzene rings is 3. The van der Waals surface area contributed by atoms with E-state index in [4.69, 9.17) is 31.5 Å². The third-order valence-electron chi connectivity index (χ3n) is 6.46. The average Bonchev–Trinajstić information content (AvgIpc) is 3.57. The Morgan fingerprint density at radius 1 is 1.00 bits per heavy atom. The maximum absolute atomic E-state index is 12.4. The van der Waals surface area contributed by atoms with Crippen LogP contribution in [0.25, 0.3) is 11.3 Å². The zero-order valence-electron chi connectivity index (χ0n) is 24.9. The van der Waals surface area contributed by atoms with Crippen molar-refractivity contribution in [2.75, 3.05) is 19.8 Å². The minimum atomic E-state index is -0.801. The normalized spacial score (nSPS) is 13.7. The van der Waals surface area contributed by atoms with Gasteiger partial charge in [0.1, 0.15) is 30.3 Å². The van der Waals surface area contributed by atoms with Crippen molar-refractivity contribution in [2.45, 2.75) is 46.3 Å². The van der Waals surface area contributed by atoms with Gasteiger partial charge in [0.2, 0.25) is 0 Å². The molecule has 9 nitrogen and oxygen atoms in total. The van der Waals surface area contributed by atoms with Gasteiger partial charge in [-0.2, -0.15) is 0 Å². The van der Waals surface area contributed by atoms with E-state index in [1.807, 2.05) is 94.4 Å². The number of carbonyl (C=O) groups is 2. The molecule has 1 aliphatic rings. The molecule has 2 unspecified atom stereocenters. The molecule has 3 amide bonds. The number of imidazole rings is 1. The number of nitrogens with zero attached hydrogens (tertiary/aromatic N) is 2. The van der Waals surface area contributed by atoms with E-state index in [9.17, 15) is 9.59 Å². The Morgan fingerprint density at radius 2 is 1.65 bits per heavy atom. The lowest BCUT2D eigenvalue weighted by atomic mass is 10.0. The molecule has 0 saturated carbocycles. The van der Waals surface area contributed by atoms with Gasteiger partial charge in [0, 0.05) is 17.7 Å². The van der Waals surface area contributed by atoms with Crippen molar-refractivity contribution in [3.8, 4) is 17.0 Å². The molecule has 4 aromatic rings. The molecule has 1 aliphatic heterocycles. The van der Waals surface area contributed by atoms with Gasteiger partial charge in [-0.3, -0.25) is 9.69 Å². The molecule has 1 aromatic heterocycles. The highest BCUT2D eigenvalue weighted by molar-refractivity contribution is 6.33. The molecular weight excluding hydrogens is 568 g/mol. The van der Waals surface area contributed by atoms with Crippen molar-refractivity contribution in [3.05, 3.63) is 107 Å². The van der Waals surface area contributed by atoms with E-state index in [0.29, 0.717) is 23.0 Å². The number of aromatic nitrogens is 2. The molecule has 2 atom stereocenters. The molecule has 1 saturated heterocycles. The van der Waals surface area contributed by atoms with Crippen LogP contribution in [0.1, 0.15) is 42.5 Å². The van der Waals surface area contributed by atoms with Crippen LogP contribution in [0, 0.1) is 13.8 Å². The number of nitrogens with one attached hydrogen (secondary N) is 2. The lowest BCUT2D eigenvalue weighted by molar-refractivity contribution is -0.126. The quantitative estimate of drug-likeness (QED) is 0.183. The number of aliphatic hydroxyl groups is 2. The second kappa shape index (κ2) is 16.5. The van der Waals surface area contributed by atoms with Gasteiger partial charge >= 0.3 is 6.03 Å². The Bertz CT molecular complexity index is 1450. The number of amides is 3. The molecule has 0 bridgehead atoms. The van der Waals surface area contributed by atoms with E-state index >= 15 is 0 Å². The summed E-state index contributed by atoms with van der Waals surface area (Å²) in [5.41, 5.74) is 4.43. The van der Waals surface area contributed by atoms with E-state index in [-0.39, 0.29) is 25.7 Å². The van der Waals surface area contributed by atoms with Gasteiger partial charge in [-0.05, 0) is 43.2 Å². The van der Waals surface area contributed by atoms with E-state index in [1.54, 1.807) is 12.1 Å². The van der Waals surface area contributed by atoms with Crippen LogP contribution in [0.2, 0.25) is 5.02 Å². The molecule has 3 aromatic carbocycles. The Morgan fingerprint density at radius 3 is 2.23 bits per heavy atom. The van der Waals surface area contributed by atoms with Crippen molar-refractivity contribution in [1.82, 2.24) is 20.2 Å². The van der Waals surface area contributed by atoms with E-state index in [0.717, 1.165) is 28.1 Å². The summed E-state index contributed by atoms with van der Waals surface area (Å²) in [7, 11) is 0. The number of aliphatic hydroxyl groups excluding tert-OH is 2. The monoisotopic (exact) mass is 606 g/mol. The maximum atomic E-state index is 12.4. The second-order valence-electron chi connectivity index (χ2n) is 9.67. The largest absolute Gasteiger partial charge is 0.491 e. The van der Waals surface area contributed by atoms with Gasteiger partial charge < -0.3 is 25.3 Å². The fraction of sp³-hybridized carbons (Fsp3) is 0.303. The summed E-state index contributed by atoms with van der Waals surface area (Å²) in [4.78, 5) is 34.1. The third-order valence-corrected chi connectivity index (χ3v) is 6.77. The van der Waals surface area contributed by atoms with Crippen LogP contribution < -0.4 is 10.1 Å². The van der Waals surface area contributed by atoms with Crippen LogP contribution >= 0.6 is 11.6 Å². The number of imide groups is 1. The molecule has 2 heterocycles. The first kappa shape index (κ1) is 33.3. The fourth-order valence-electron chi connectivity index (χ4n) is 4.38. The van der Waals surface area contributed by atoms with Crippen molar-refractivity contribution in [3.63, 3.8) is 0 Å². The molecule has 0 spiro atoms. The smallest absolute Gasteiger partial charge is 0.325 e. The highest BCUT2D eigenvalue weighted by Crippen LogP contribution is 2.33. The summed E-state index contributed by atoms with van der Waals surface area (Å²) in [6.07, 6.45) is -0.334. The second-order valence-corrected chi connectivity index (χ2v) is 10.1. The first-order valence-corrected chi connectivity index (χ1v) is 14.6. The number of aryl methyl sites for hydroxylation is 2. The number of hydrogen-bond donors (Lipinski definition) is 4. The molecule has 0 aliphatic carbocycles. The minimum Gasteiger partial charge on any atom is -0.491 e. The number of rotatable bonds is 9. The van der Waals surface area contributed by atoms with Crippen molar-refractivity contribution in [2.24, 2.45) is 0 Å². The third kappa shape index (κ3) is 9.15. The van der Waals surface area contributed by atoms with E-state index < -0.39 is 18.2 Å². The van der Waals surface area contributed by atoms with Gasteiger partial charge in [-0.15, -0.1) is 0 Å². The number of urea groups is 1. The maximum Gasteiger partial charge on any atom is 0.325 e. The minimum absolute atomic E-state index is 0.000457. The lowest BCUT2D eigenvalue weighted by Crippen LogP contribution is -2.36. The fourth-order valence-corrected chi connectivity index (χ4v) is 4.70. The lowest BCUT2D eigenvalue weighted by Gasteiger charge is -2.23. The number of H-pyrrole nitrogens is 1. The van der Waals surface area contributed by atoms with E-state index in [2.05, 4.69) is 10.3 Å². The van der Waals surface area contributed by atoms with Crippen LogP contribution in [0.3, 0.4) is 0 Å². The highest BCUT2D eigenvalue weighted by Gasteiger charge is 2.37. The van der Waals surface area contributed by atoms with Gasteiger partial charge in [0.05, 0.1) is 23.9 Å². The van der Waals surface area contributed by atoms with Crippen molar-refractivity contribution in [1.29, 1.82) is 0 Å². The number of ether oxygens (including phenoxy) is 1. The first-order chi connectivity index (χ1) is 20.8. The van der Waals surface area contributed by atoms with Crippen LogP contribution in [0.4, 0.5) is 4.79 Å². The molecule has 0 radical (unpaired) electrons. The zero-order valence-corrected chi connectivity index (χ0v) is 25.6. The predicted molar refractivity (Wildman–Crippen MR) is 168 cm³/mol. The summed E-state index contributed by atoms with van der Waals surface area (Å²) in [6.45, 7) is 7.74. The Balaban J connectivity index is 0.000000303. The molecule has 5 rings (SSSR count). The van der Waals surface area contributed by atoms with Crippen LogP contribution in [0.5, 0.6) is 5.75 Å². The van der Waals surface area contributed by atoms with Crippen LogP contribution in [-0.4, -0.2) is 62.9 Å². The number of para-hydroxylation sites is 1. The number of aromatic amines is 1. The SMILES string of the molecule is CC.Cc1ccc(-c2nc(C(Cc3ccccc3)N3C(=O)CNC3=O)[nH]c2C)c(Cl)c1.OCC(O)COc1ccccc1. The molecule has 228 valence electrons. The Hall–Kier alpha value is -4.18. The number of halogens is 1. The van der Waals surface area contributed by atoms with Crippen LogP contribution in [-0.2, 0) is 11.2 Å². The summed E-state index contributed by atoms with van der Waals surface area (Å²) < 4.78 is 5.15. The summed E-state index contributed by atoms with van der Waals surface area (Å²) in [5, 5.41) is 20.6. The zero-order chi connectivity index (χ0) is 31.4. The molecule has 43 heavy (non-hydrogen) atoms. The highest BCUT2D eigenvalue weighted by atomic mass is 35.5. The van der Waals surface area contributed by atoms with Gasteiger partial charge in [0.25, 0.3) is 5.91 Å². The average molecular weight is 607 g/mol. The summed E-state index contributed by atoms with van der Waals surface area (Å²) >= 11 is 6.45. The van der Waals surface area contributed by atoms with Crippen LogP contribution in [0.15, 0.2) is 78.9 Å². The summed E-state index contributed by atoms with van der Waals surface area (Å²) in [6, 6.07) is 23.8. The van der Waals surface area contributed by atoms with E-state index in [1.165, 1.54) is 4.90 Å². The molecular formula is C33H39ClN4O5. The van der Waals surface area contributed by atoms with Gasteiger partial charge in [-0.1, -0.05) is 86.1 Å². The number of hydrogen-bond acceptors (Lipinski definition) is 6.